The Morgan fingerprint density at radius 2 is 2.00 bits per heavy atom. The Bertz CT molecular complexity index is 1390. The summed E-state index contributed by atoms with van der Waals surface area (Å²) in [6.45, 7) is 5.98. The number of Topliss-reactive ketones (excluding diaryl/α,β-unsaturated/α-hetero) is 1. The minimum Gasteiger partial charge on any atom is -0.465 e. The number of nitrogens with zero attached hydrogens (tertiary/aromatic N) is 4. The first-order valence-corrected chi connectivity index (χ1v) is 13.1. The maximum absolute atomic E-state index is 13.5. The lowest BCUT2D eigenvalue weighted by molar-refractivity contribution is -0.118. The number of aromatic nitrogens is 2. The number of carbonyl (C=O) groups is 1. The molecular formula is C26H25N5O2S2. The summed E-state index contributed by atoms with van der Waals surface area (Å²) >= 11 is 3.00. The highest BCUT2D eigenvalue weighted by Gasteiger charge is 2.46. The van der Waals surface area contributed by atoms with Crippen LogP contribution in [0, 0.1) is 23.7 Å². The van der Waals surface area contributed by atoms with Gasteiger partial charge in [0.1, 0.15) is 17.3 Å². The number of anilines is 1. The third-order valence-corrected chi connectivity index (χ3v) is 8.33. The van der Waals surface area contributed by atoms with Gasteiger partial charge in [-0.15, -0.1) is 10.2 Å². The highest BCUT2D eigenvalue weighted by Crippen LogP contribution is 2.51. The maximum Gasteiger partial charge on any atom is 0.219 e. The fourth-order valence-electron chi connectivity index (χ4n) is 4.69. The number of nitrogens with two attached hydrogens (primary N) is 1. The van der Waals surface area contributed by atoms with Gasteiger partial charge in [0.15, 0.2) is 10.1 Å². The van der Waals surface area contributed by atoms with E-state index in [1.54, 1.807) is 16.7 Å². The Morgan fingerprint density at radius 1 is 1.23 bits per heavy atom. The van der Waals surface area contributed by atoms with Gasteiger partial charge in [-0.3, -0.25) is 9.69 Å². The van der Waals surface area contributed by atoms with Gasteiger partial charge in [0, 0.05) is 23.4 Å². The lowest BCUT2D eigenvalue weighted by Gasteiger charge is -2.42. The second-order valence-corrected chi connectivity index (χ2v) is 11.7. The average molecular weight is 504 g/mol. The molecule has 1 aromatic carbocycles. The fourth-order valence-corrected chi connectivity index (χ4v) is 6.53. The molecule has 2 aromatic heterocycles. The van der Waals surface area contributed by atoms with Crippen LogP contribution in [0.1, 0.15) is 49.7 Å². The number of nitriles is 1. The molecule has 7 nitrogen and oxygen atoms in total. The largest absolute Gasteiger partial charge is 0.465 e. The normalized spacial score (nSPS) is 19.7. The predicted molar refractivity (Wildman–Crippen MR) is 136 cm³/mol. The first kappa shape index (κ1) is 23.4. The van der Waals surface area contributed by atoms with E-state index in [2.05, 4.69) is 42.2 Å². The van der Waals surface area contributed by atoms with E-state index in [1.165, 1.54) is 16.9 Å². The SMILES string of the molecule is Cc1ccc(C2C(C#N)=C(N)N(c3nnc(SCc4ccccc4)s3)C3=C2C(=O)CC(C)(C)C3)o1. The van der Waals surface area contributed by atoms with Crippen molar-refractivity contribution >= 4 is 34.0 Å². The Balaban J connectivity index is 1.57. The number of benzene rings is 1. The summed E-state index contributed by atoms with van der Waals surface area (Å²) in [6, 6.07) is 16.1. The lowest BCUT2D eigenvalue weighted by atomic mass is 9.69. The van der Waals surface area contributed by atoms with Gasteiger partial charge in [-0.25, -0.2) is 0 Å². The predicted octanol–water partition coefficient (Wildman–Crippen LogP) is 5.67. The summed E-state index contributed by atoms with van der Waals surface area (Å²) in [5, 5.41) is 19.5. The zero-order chi connectivity index (χ0) is 24.7. The van der Waals surface area contributed by atoms with Crippen LogP contribution in [0.5, 0.6) is 0 Å². The van der Waals surface area contributed by atoms with E-state index in [4.69, 9.17) is 10.2 Å². The molecular weight excluding hydrogens is 478 g/mol. The van der Waals surface area contributed by atoms with Crippen molar-refractivity contribution in [3.05, 3.63) is 82.2 Å². The molecule has 2 aliphatic rings. The molecule has 0 saturated heterocycles. The summed E-state index contributed by atoms with van der Waals surface area (Å²) in [7, 11) is 0. The topological polar surface area (TPSA) is 109 Å². The quantitative estimate of drug-likeness (QED) is 0.443. The van der Waals surface area contributed by atoms with E-state index in [0.29, 0.717) is 40.6 Å². The summed E-state index contributed by atoms with van der Waals surface area (Å²) in [5.74, 6) is 1.69. The number of rotatable bonds is 5. The first-order valence-electron chi connectivity index (χ1n) is 11.3. The molecule has 3 heterocycles. The molecule has 0 radical (unpaired) electrons. The van der Waals surface area contributed by atoms with Crippen molar-refractivity contribution in [1.29, 1.82) is 5.26 Å². The number of hydrogen-bond acceptors (Lipinski definition) is 9. The van der Waals surface area contributed by atoms with Crippen molar-refractivity contribution in [2.75, 3.05) is 4.90 Å². The maximum atomic E-state index is 13.5. The Hall–Kier alpha value is -3.35. The molecule has 9 heteroatoms. The van der Waals surface area contributed by atoms with Gasteiger partial charge in [-0.2, -0.15) is 5.26 Å². The fraction of sp³-hybridized carbons (Fsp3) is 0.308. The molecule has 1 unspecified atom stereocenters. The number of thioether (sulfide) groups is 1. The zero-order valence-electron chi connectivity index (χ0n) is 19.7. The minimum atomic E-state index is -0.622. The molecule has 0 bridgehead atoms. The summed E-state index contributed by atoms with van der Waals surface area (Å²) in [4.78, 5) is 15.3. The number of ketones is 1. The Morgan fingerprint density at radius 3 is 2.69 bits per heavy atom. The van der Waals surface area contributed by atoms with E-state index in [1.807, 2.05) is 37.3 Å². The van der Waals surface area contributed by atoms with E-state index in [-0.39, 0.29) is 17.0 Å². The Kier molecular flexibility index (Phi) is 6.03. The Labute approximate surface area is 212 Å². The molecule has 1 atom stereocenters. The van der Waals surface area contributed by atoms with E-state index in [9.17, 15) is 10.1 Å². The van der Waals surface area contributed by atoms with Gasteiger partial charge >= 0.3 is 0 Å². The number of aryl methyl sites for hydroxylation is 1. The molecule has 0 saturated carbocycles. The van der Waals surface area contributed by atoms with E-state index >= 15 is 0 Å². The second-order valence-electron chi connectivity index (χ2n) is 9.55. The van der Waals surface area contributed by atoms with Crippen molar-refractivity contribution in [2.24, 2.45) is 11.1 Å². The number of hydrogen-bond donors (Lipinski definition) is 1. The van der Waals surface area contributed by atoms with Gasteiger partial charge in [0.25, 0.3) is 0 Å². The number of furan rings is 1. The van der Waals surface area contributed by atoms with Gasteiger partial charge < -0.3 is 10.2 Å². The monoisotopic (exact) mass is 503 g/mol. The van der Waals surface area contributed by atoms with Gasteiger partial charge in [0.05, 0.1) is 17.6 Å². The third-order valence-electron chi connectivity index (χ3n) is 6.22. The van der Waals surface area contributed by atoms with E-state index < -0.39 is 5.92 Å². The molecule has 35 heavy (non-hydrogen) atoms. The van der Waals surface area contributed by atoms with Gasteiger partial charge in [-0.1, -0.05) is 67.3 Å². The molecule has 0 fully saturated rings. The van der Waals surface area contributed by atoms with Crippen molar-refractivity contribution < 1.29 is 9.21 Å². The minimum absolute atomic E-state index is 0.00347. The molecule has 1 aliphatic carbocycles. The lowest BCUT2D eigenvalue weighted by Crippen LogP contribution is -2.42. The van der Waals surface area contributed by atoms with Crippen molar-refractivity contribution in [1.82, 2.24) is 10.2 Å². The standard InChI is InChI=1S/C26H25N5O2S2/c1-15-9-10-20(33-15)21-17(13-27)23(28)31(18-11-26(2,3)12-19(32)22(18)21)24-29-30-25(35-24)34-14-16-7-5-4-6-8-16/h4-10,21H,11-12,14,28H2,1-3H3. The molecule has 3 aromatic rings. The number of allylic oxidation sites excluding steroid dienone is 3. The van der Waals surface area contributed by atoms with Crippen LogP contribution in [0.15, 0.2) is 73.9 Å². The van der Waals surface area contributed by atoms with Crippen LogP contribution in [0.4, 0.5) is 5.13 Å². The summed E-state index contributed by atoms with van der Waals surface area (Å²) in [5.41, 5.74) is 9.22. The first-order chi connectivity index (χ1) is 16.8. The molecule has 0 spiro atoms. The molecule has 1 aliphatic heterocycles. The molecule has 178 valence electrons. The van der Waals surface area contributed by atoms with E-state index in [0.717, 1.165) is 15.8 Å². The zero-order valence-corrected chi connectivity index (χ0v) is 21.4. The van der Waals surface area contributed by atoms with Crippen LogP contribution >= 0.6 is 23.1 Å². The molecule has 0 amide bonds. The van der Waals surface area contributed by atoms with Crippen LogP contribution in [-0.4, -0.2) is 16.0 Å². The van der Waals surface area contributed by atoms with Crippen molar-refractivity contribution in [3.8, 4) is 6.07 Å². The summed E-state index contributed by atoms with van der Waals surface area (Å²) < 4.78 is 6.69. The van der Waals surface area contributed by atoms with Crippen molar-refractivity contribution in [2.45, 2.75) is 49.6 Å². The van der Waals surface area contributed by atoms with Crippen LogP contribution in [-0.2, 0) is 10.5 Å². The smallest absolute Gasteiger partial charge is 0.219 e. The van der Waals surface area contributed by atoms with Crippen LogP contribution in [0.3, 0.4) is 0 Å². The van der Waals surface area contributed by atoms with Gasteiger partial charge in [0.2, 0.25) is 5.13 Å². The van der Waals surface area contributed by atoms with Crippen molar-refractivity contribution in [3.63, 3.8) is 0 Å². The third kappa shape index (κ3) is 4.40. The highest BCUT2D eigenvalue weighted by atomic mass is 32.2. The summed E-state index contributed by atoms with van der Waals surface area (Å²) in [6.07, 6.45) is 1.01. The van der Waals surface area contributed by atoms with Crippen LogP contribution < -0.4 is 10.6 Å². The molecule has 5 rings (SSSR count). The van der Waals surface area contributed by atoms with Crippen LogP contribution in [0.25, 0.3) is 0 Å². The number of carbonyl (C=O) groups excluding carboxylic acids is 1. The van der Waals surface area contributed by atoms with Gasteiger partial charge in [-0.05, 0) is 36.5 Å². The molecule has 2 N–H and O–H groups in total. The average Bonchev–Trinajstić information content (AvgIpc) is 3.46. The second kappa shape index (κ2) is 9.02. The highest BCUT2D eigenvalue weighted by molar-refractivity contribution is 8.00. The van der Waals surface area contributed by atoms with Crippen LogP contribution in [0.2, 0.25) is 0 Å².